The van der Waals surface area contributed by atoms with Gasteiger partial charge in [0.2, 0.25) is 0 Å². The Morgan fingerprint density at radius 3 is 2.62 bits per heavy atom. The van der Waals surface area contributed by atoms with Crippen molar-refractivity contribution in [1.82, 2.24) is 4.90 Å². The summed E-state index contributed by atoms with van der Waals surface area (Å²) in [6.07, 6.45) is 2.02. The molecular formula is C18H20BrClN2O2. The second-order valence-electron chi connectivity index (χ2n) is 5.61. The van der Waals surface area contributed by atoms with Crippen LogP contribution < -0.4 is 10.5 Å². The van der Waals surface area contributed by atoms with E-state index in [1.807, 2.05) is 53.4 Å². The van der Waals surface area contributed by atoms with Gasteiger partial charge in [0.1, 0.15) is 11.5 Å². The average Bonchev–Trinajstić information content (AvgIpc) is 3.03. The first-order valence-corrected chi connectivity index (χ1v) is 8.51. The summed E-state index contributed by atoms with van der Waals surface area (Å²) in [5, 5.41) is 0. The van der Waals surface area contributed by atoms with Gasteiger partial charge in [-0.3, -0.25) is 4.79 Å². The molecule has 1 atom stereocenters. The monoisotopic (exact) mass is 410 g/mol. The molecule has 0 saturated carbocycles. The largest absolute Gasteiger partial charge is 0.457 e. The van der Waals surface area contributed by atoms with Crippen LogP contribution in [0.3, 0.4) is 0 Å². The Kier molecular flexibility index (Phi) is 6.66. The first-order valence-electron chi connectivity index (χ1n) is 7.72. The molecule has 1 aliphatic rings. The van der Waals surface area contributed by atoms with Crippen LogP contribution in [0.2, 0.25) is 0 Å². The third kappa shape index (κ3) is 4.29. The normalized spacial score (nSPS) is 16.6. The number of rotatable bonds is 4. The number of carbonyl (C=O) groups excluding carboxylic acids is 1. The van der Waals surface area contributed by atoms with E-state index in [2.05, 4.69) is 15.9 Å². The Hall–Kier alpha value is -1.56. The number of hydrogen-bond acceptors (Lipinski definition) is 3. The number of likely N-dealkylation sites (tertiary alicyclic amines) is 1. The average molecular weight is 412 g/mol. The zero-order valence-electron chi connectivity index (χ0n) is 13.2. The SMILES string of the molecule is Cl.NCC1CCCN1C(=O)c1ccc(Oc2cccc(Br)c2)cc1. The van der Waals surface area contributed by atoms with Crippen molar-refractivity contribution >= 4 is 34.2 Å². The van der Waals surface area contributed by atoms with Crippen LogP contribution in [0.1, 0.15) is 23.2 Å². The number of amides is 1. The minimum absolute atomic E-state index is 0. The molecule has 3 rings (SSSR count). The van der Waals surface area contributed by atoms with Crippen molar-refractivity contribution in [1.29, 1.82) is 0 Å². The van der Waals surface area contributed by atoms with E-state index in [9.17, 15) is 4.79 Å². The Morgan fingerprint density at radius 2 is 1.96 bits per heavy atom. The first kappa shape index (κ1) is 18.8. The number of ether oxygens (including phenoxy) is 1. The van der Waals surface area contributed by atoms with Crippen LogP contribution in [0.5, 0.6) is 11.5 Å². The number of halogens is 2. The van der Waals surface area contributed by atoms with Crippen molar-refractivity contribution in [3.63, 3.8) is 0 Å². The molecule has 1 saturated heterocycles. The number of hydrogen-bond donors (Lipinski definition) is 1. The fraction of sp³-hybridized carbons (Fsp3) is 0.278. The van der Waals surface area contributed by atoms with E-state index in [0.717, 1.165) is 29.6 Å². The lowest BCUT2D eigenvalue weighted by molar-refractivity contribution is 0.0741. The second-order valence-corrected chi connectivity index (χ2v) is 6.53. The number of carbonyl (C=O) groups is 1. The summed E-state index contributed by atoms with van der Waals surface area (Å²) in [4.78, 5) is 14.4. The summed E-state index contributed by atoms with van der Waals surface area (Å²) in [6.45, 7) is 1.31. The highest BCUT2D eigenvalue weighted by atomic mass is 79.9. The fourth-order valence-corrected chi connectivity index (χ4v) is 3.22. The summed E-state index contributed by atoms with van der Waals surface area (Å²) in [7, 11) is 0. The van der Waals surface area contributed by atoms with Crippen molar-refractivity contribution in [2.24, 2.45) is 5.73 Å². The van der Waals surface area contributed by atoms with E-state index in [1.54, 1.807) is 0 Å². The maximum Gasteiger partial charge on any atom is 0.254 e. The smallest absolute Gasteiger partial charge is 0.254 e. The molecule has 2 N–H and O–H groups in total. The lowest BCUT2D eigenvalue weighted by Crippen LogP contribution is -2.39. The van der Waals surface area contributed by atoms with Crippen LogP contribution in [0.4, 0.5) is 0 Å². The minimum Gasteiger partial charge on any atom is -0.457 e. The van der Waals surface area contributed by atoms with Gasteiger partial charge in [-0.25, -0.2) is 0 Å². The molecule has 0 spiro atoms. The molecule has 24 heavy (non-hydrogen) atoms. The van der Waals surface area contributed by atoms with Gasteiger partial charge < -0.3 is 15.4 Å². The van der Waals surface area contributed by atoms with Gasteiger partial charge in [-0.05, 0) is 55.3 Å². The summed E-state index contributed by atoms with van der Waals surface area (Å²) in [5.41, 5.74) is 6.42. The van der Waals surface area contributed by atoms with E-state index in [4.69, 9.17) is 10.5 Å². The molecule has 2 aromatic carbocycles. The van der Waals surface area contributed by atoms with Crippen molar-refractivity contribution in [2.75, 3.05) is 13.1 Å². The molecule has 0 radical (unpaired) electrons. The van der Waals surface area contributed by atoms with Gasteiger partial charge in [0.25, 0.3) is 5.91 Å². The van der Waals surface area contributed by atoms with Gasteiger partial charge in [-0.15, -0.1) is 12.4 Å². The zero-order valence-corrected chi connectivity index (χ0v) is 15.6. The van der Waals surface area contributed by atoms with E-state index in [-0.39, 0.29) is 24.4 Å². The van der Waals surface area contributed by atoms with Crippen LogP contribution in [-0.2, 0) is 0 Å². The van der Waals surface area contributed by atoms with E-state index in [1.165, 1.54) is 0 Å². The highest BCUT2D eigenvalue weighted by Crippen LogP contribution is 2.25. The fourth-order valence-electron chi connectivity index (χ4n) is 2.85. The van der Waals surface area contributed by atoms with Crippen molar-refractivity contribution in [2.45, 2.75) is 18.9 Å². The predicted molar refractivity (Wildman–Crippen MR) is 101 cm³/mol. The van der Waals surface area contributed by atoms with Crippen molar-refractivity contribution in [3.05, 3.63) is 58.6 Å². The predicted octanol–water partition coefficient (Wildman–Crippen LogP) is 4.23. The lowest BCUT2D eigenvalue weighted by Gasteiger charge is -2.23. The Balaban J connectivity index is 0.00000208. The molecular weight excluding hydrogens is 392 g/mol. The molecule has 4 nitrogen and oxygen atoms in total. The highest BCUT2D eigenvalue weighted by Gasteiger charge is 2.28. The molecule has 1 amide bonds. The van der Waals surface area contributed by atoms with Crippen LogP contribution in [0.15, 0.2) is 53.0 Å². The Bertz CT molecular complexity index is 694. The van der Waals surface area contributed by atoms with Crippen molar-refractivity contribution in [3.8, 4) is 11.5 Å². The summed E-state index contributed by atoms with van der Waals surface area (Å²) >= 11 is 3.42. The minimum atomic E-state index is 0. The molecule has 1 unspecified atom stereocenters. The van der Waals surface area contributed by atoms with Gasteiger partial charge in [-0.1, -0.05) is 22.0 Å². The summed E-state index contributed by atoms with van der Waals surface area (Å²) in [5.74, 6) is 1.50. The number of nitrogens with two attached hydrogens (primary N) is 1. The van der Waals surface area contributed by atoms with Crippen LogP contribution in [-0.4, -0.2) is 29.9 Å². The maximum atomic E-state index is 12.6. The van der Waals surface area contributed by atoms with Gasteiger partial charge in [-0.2, -0.15) is 0 Å². The molecule has 2 aromatic rings. The highest BCUT2D eigenvalue weighted by molar-refractivity contribution is 9.10. The maximum absolute atomic E-state index is 12.6. The second kappa shape index (κ2) is 8.51. The molecule has 1 heterocycles. The van der Waals surface area contributed by atoms with Gasteiger partial charge >= 0.3 is 0 Å². The van der Waals surface area contributed by atoms with E-state index in [0.29, 0.717) is 17.9 Å². The molecule has 0 bridgehead atoms. The Morgan fingerprint density at radius 1 is 1.21 bits per heavy atom. The molecule has 0 aliphatic carbocycles. The summed E-state index contributed by atoms with van der Waals surface area (Å²) < 4.78 is 6.75. The lowest BCUT2D eigenvalue weighted by atomic mass is 10.1. The van der Waals surface area contributed by atoms with Crippen LogP contribution >= 0.6 is 28.3 Å². The first-order chi connectivity index (χ1) is 11.2. The standard InChI is InChI=1S/C18H19BrN2O2.ClH/c19-14-3-1-5-17(11-14)23-16-8-6-13(7-9-16)18(22)21-10-2-4-15(21)12-20;/h1,3,5-9,11,15H,2,4,10,12,20H2;1H. The Labute approximate surface area is 156 Å². The molecule has 1 aliphatic heterocycles. The molecule has 6 heteroatoms. The van der Waals surface area contributed by atoms with Gasteiger partial charge in [0.05, 0.1) is 0 Å². The number of benzene rings is 2. The molecule has 0 aromatic heterocycles. The van der Waals surface area contributed by atoms with Crippen LogP contribution in [0, 0.1) is 0 Å². The quantitative estimate of drug-likeness (QED) is 0.819. The van der Waals surface area contributed by atoms with E-state index < -0.39 is 0 Å². The molecule has 1 fully saturated rings. The zero-order chi connectivity index (χ0) is 16.2. The summed E-state index contributed by atoms with van der Waals surface area (Å²) in [6, 6.07) is 15.1. The van der Waals surface area contributed by atoms with Gasteiger partial charge in [0, 0.05) is 29.2 Å². The van der Waals surface area contributed by atoms with Crippen molar-refractivity contribution < 1.29 is 9.53 Å². The third-order valence-electron chi connectivity index (χ3n) is 4.04. The van der Waals surface area contributed by atoms with Gasteiger partial charge in [0.15, 0.2) is 0 Å². The van der Waals surface area contributed by atoms with Crippen LogP contribution in [0.25, 0.3) is 0 Å². The van der Waals surface area contributed by atoms with E-state index >= 15 is 0 Å². The number of nitrogens with zero attached hydrogens (tertiary/aromatic N) is 1. The third-order valence-corrected chi connectivity index (χ3v) is 4.54. The topological polar surface area (TPSA) is 55.6 Å². The molecule has 128 valence electrons.